The lowest BCUT2D eigenvalue weighted by Gasteiger charge is -2.20. The first-order chi connectivity index (χ1) is 9.16. The van der Waals surface area contributed by atoms with E-state index in [2.05, 4.69) is 24.4 Å². The van der Waals surface area contributed by atoms with E-state index in [1.54, 1.807) is 4.90 Å². The molecule has 1 N–H and O–H groups in total. The number of carbonyl (C=O) groups is 1. The van der Waals surface area contributed by atoms with Crippen LogP contribution in [0.1, 0.15) is 24.0 Å². The predicted octanol–water partition coefficient (Wildman–Crippen LogP) is 2.32. The van der Waals surface area contributed by atoms with Gasteiger partial charge in [0.05, 0.1) is 6.10 Å². The monoisotopic (exact) mass is 262 g/mol. The summed E-state index contributed by atoms with van der Waals surface area (Å²) in [6, 6.07) is 8.09. The molecule has 1 saturated heterocycles. The van der Waals surface area contributed by atoms with Crippen molar-refractivity contribution in [3.05, 3.63) is 35.4 Å². The van der Waals surface area contributed by atoms with E-state index >= 15 is 0 Å². The maximum atomic E-state index is 12.0. The van der Waals surface area contributed by atoms with Crippen LogP contribution in [-0.2, 0) is 11.3 Å². The Bertz CT molecular complexity index is 428. The zero-order valence-corrected chi connectivity index (χ0v) is 11.7. The fraction of sp³-hybridized carbons (Fsp3) is 0.533. The molecule has 1 atom stereocenters. The maximum Gasteiger partial charge on any atom is 0.317 e. The van der Waals surface area contributed by atoms with E-state index in [9.17, 15) is 4.79 Å². The van der Waals surface area contributed by atoms with Gasteiger partial charge in [0.15, 0.2) is 0 Å². The molecule has 1 aliphatic heterocycles. The average molecular weight is 262 g/mol. The van der Waals surface area contributed by atoms with Gasteiger partial charge in [-0.3, -0.25) is 0 Å². The van der Waals surface area contributed by atoms with Crippen molar-refractivity contribution in [2.24, 2.45) is 0 Å². The van der Waals surface area contributed by atoms with E-state index < -0.39 is 0 Å². The number of ether oxygens (including phenoxy) is 1. The van der Waals surface area contributed by atoms with Gasteiger partial charge >= 0.3 is 6.03 Å². The van der Waals surface area contributed by atoms with Gasteiger partial charge in [-0.15, -0.1) is 0 Å². The number of amides is 2. The van der Waals surface area contributed by atoms with Crippen molar-refractivity contribution in [2.45, 2.75) is 32.4 Å². The lowest BCUT2D eigenvalue weighted by molar-refractivity contribution is 0.109. The maximum absolute atomic E-state index is 12.0. The molecule has 1 fully saturated rings. The summed E-state index contributed by atoms with van der Waals surface area (Å²) >= 11 is 0. The Kier molecular flexibility index (Phi) is 4.80. The molecule has 104 valence electrons. The third-order valence-electron chi connectivity index (χ3n) is 3.52. The number of benzene rings is 1. The summed E-state index contributed by atoms with van der Waals surface area (Å²) in [6.07, 6.45) is 2.33. The highest BCUT2D eigenvalue weighted by Crippen LogP contribution is 2.11. The Morgan fingerprint density at radius 1 is 1.47 bits per heavy atom. The molecule has 4 nitrogen and oxygen atoms in total. The van der Waals surface area contributed by atoms with Gasteiger partial charge in [-0.25, -0.2) is 4.79 Å². The van der Waals surface area contributed by atoms with Crippen molar-refractivity contribution < 1.29 is 9.53 Å². The molecule has 0 aromatic heterocycles. The molecule has 19 heavy (non-hydrogen) atoms. The number of carbonyl (C=O) groups excluding carboxylic acids is 1. The smallest absolute Gasteiger partial charge is 0.317 e. The molecule has 1 aliphatic rings. The second kappa shape index (κ2) is 6.57. The van der Waals surface area contributed by atoms with Gasteiger partial charge in [0, 0.05) is 26.7 Å². The Morgan fingerprint density at radius 2 is 2.26 bits per heavy atom. The Labute approximate surface area is 114 Å². The Morgan fingerprint density at radius 3 is 2.95 bits per heavy atom. The van der Waals surface area contributed by atoms with Crippen LogP contribution in [0.25, 0.3) is 0 Å². The topological polar surface area (TPSA) is 41.6 Å². The lowest BCUT2D eigenvalue weighted by atomic mass is 10.1. The zero-order chi connectivity index (χ0) is 13.7. The summed E-state index contributed by atoms with van der Waals surface area (Å²) in [4.78, 5) is 13.7. The van der Waals surface area contributed by atoms with Gasteiger partial charge in [0.25, 0.3) is 0 Å². The molecule has 0 aliphatic carbocycles. The summed E-state index contributed by atoms with van der Waals surface area (Å²) in [5.74, 6) is 0. The number of nitrogens with zero attached hydrogens (tertiary/aromatic N) is 1. The normalized spacial score (nSPS) is 18.3. The number of urea groups is 1. The van der Waals surface area contributed by atoms with Gasteiger partial charge in [0.1, 0.15) is 0 Å². The molecular formula is C15H22N2O2. The van der Waals surface area contributed by atoms with Gasteiger partial charge in [-0.05, 0) is 30.9 Å². The van der Waals surface area contributed by atoms with Gasteiger partial charge in [-0.1, -0.05) is 24.3 Å². The quantitative estimate of drug-likeness (QED) is 0.904. The molecule has 2 amide bonds. The molecule has 0 bridgehead atoms. The number of hydrogen-bond donors (Lipinski definition) is 1. The average Bonchev–Trinajstić information content (AvgIpc) is 2.91. The lowest BCUT2D eigenvalue weighted by Crippen LogP contribution is -2.40. The summed E-state index contributed by atoms with van der Waals surface area (Å²) in [7, 11) is 1.82. The van der Waals surface area contributed by atoms with E-state index in [4.69, 9.17) is 4.74 Å². The first-order valence-corrected chi connectivity index (χ1v) is 6.82. The molecule has 1 heterocycles. The molecule has 1 aromatic rings. The van der Waals surface area contributed by atoms with E-state index in [1.165, 1.54) is 11.1 Å². The summed E-state index contributed by atoms with van der Waals surface area (Å²) in [6.45, 7) is 4.12. The third kappa shape index (κ3) is 3.96. The van der Waals surface area contributed by atoms with Crippen molar-refractivity contribution >= 4 is 6.03 Å². The summed E-state index contributed by atoms with van der Waals surface area (Å²) < 4.78 is 5.49. The van der Waals surface area contributed by atoms with Crippen LogP contribution in [0, 0.1) is 6.92 Å². The Hall–Kier alpha value is -1.55. The molecule has 0 spiro atoms. The van der Waals surface area contributed by atoms with Crippen LogP contribution in [0.2, 0.25) is 0 Å². The Balaban J connectivity index is 1.80. The molecule has 1 unspecified atom stereocenters. The molecule has 0 radical (unpaired) electrons. The van der Waals surface area contributed by atoms with E-state index in [0.29, 0.717) is 13.1 Å². The van der Waals surface area contributed by atoms with Gasteiger partial charge in [0.2, 0.25) is 0 Å². The molecular weight excluding hydrogens is 240 g/mol. The first-order valence-electron chi connectivity index (χ1n) is 6.82. The van der Waals surface area contributed by atoms with E-state index in [1.807, 2.05) is 19.2 Å². The highest BCUT2D eigenvalue weighted by molar-refractivity contribution is 5.73. The minimum Gasteiger partial charge on any atom is -0.376 e. The van der Waals surface area contributed by atoms with Crippen molar-refractivity contribution in [2.75, 3.05) is 20.2 Å². The minimum absolute atomic E-state index is 0.0428. The zero-order valence-electron chi connectivity index (χ0n) is 11.7. The van der Waals surface area contributed by atoms with Gasteiger partial charge in [-0.2, -0.15) is 0 Å². The number of aryl methyl sites for hydroxylation is 1. The first kappa shape index (κ1) is 13.9. The molecule has 1 aromatic carbocycles. The second-order valence-corrected chi connectivity index (χ2v) is 5.10. The van der Waals surface area contributed by atoms with Crippen LogP contribution in [0.3, 0.4) is 0 Å². The van der Waals surface area contributed by atoms with Gasteiger partial charge < -0.3 is 15.0 Å². The minimum atomic E-state index is -0.0428. The third-order valence-corrected chi connectivity index (χ3v) is 3.52. The van der Waals surface area contributed by atoms with E-state index in [0.717, 1.165) is 19.4 Å². The van der Waals surface area contributed by atoms with Crippen LogP contribution < -0.4 is 5.32 Å². The largest absolute Gasteiger partial charge is 0.376 e. The van der Waals surface area contributed by atoms with Crippen molar-refractivity contribution in [3.63, 3.8) is 0 Å². The SMILES string of the molecule is Cc1ccccc1CN(C)C(=O)NCC1CCCO1. The molecule has 4 heteroatoms. The van der Waals surface area contributed by atoms with Crippen molar-refractivity contribution in [3.8, 4) is 0 Å². The van der Waals surface area contributed by atoms with Crippen LogP contribution >= 0.6 is 0 Å². The second-order valence-electron chi connectivity index (χ2n) is 5.10. The highest BCUT2D eigenvalue weighted by Gasteiger charge is 2.17. The number of nitrogens with one attached hydrogen (secondary N) is 1. The molecule has 2 rings (SSSR count). The van der Waals surface area contributed by atoms with Crippen molar-refractivity contribution in [1.29, 1.82) is 0 Å². The van der Waals surface area contributed by atoms with Crippen LogP contribution in [-0.4, -0.2) is 37.2 Å². The van der Waals surface area contributed by atoms with Crippen LogP contribution in [0.15, 0.2) is 24.3 Å². The van der Waals surface area contributed by atoms with Crippen molar-refractivity contribution in [1.82, 2.24) is 10.2 Å². The summed E-state index contributed by atoms with van der Waals surface area (Å²) in [5.41, 5.74) is 2.39. The summed E-state index contributed by atoms with van der Waals surface area (Å²) in [5, 5.41) is 2.93. The fourth-order valence-electron chi connectivity index (χ4n) is 2.26. The number of rotatable bonds is 4. The van der Waals surface area contributed by atoms with Crippen LogP contribution in [0.5, 0.6) is 0 Å². The van der Waals surface area contributed by atoms with E-state index in [-0.39, 0.29) is 12.1 Å². The fourth-order valence-corrected chi connectivity index (χ4v) is 2.26. The highest BCUT2D eigenvalue weighted by atomic mass is 16.5. The van der Waals surface area contributed by atoms with Crippen LogP contribution in [0.4, 0.5) is 4.79 Å². The predicted molar refractivity (Wildman–Crippen MR) is 75.0 cm³/mol. The number of hydrogen-bond acceptors (Lipinski definition) is 2. The molecule has 0 saturated carbocycles. The standard InChI is InChI=1S/C15H22N2O2/c1-12-6-3-4-7-13(12)11-17(2)15(18)16-10-14-8-5-9-19-14/h3-4,6-7,14H,5,8-11H2,1-2H3,(H,16,18).